The first-order valence-electron chi connectivity index (χ1n) is 5.82. The third-order valence-corrected chi connectivity index (χ3v) is 2.81. The van der Waals surface area contributed by atoms with Crippen LogP contribution in [0.15, 0.2) is 43.4 Å². The molecule has 2 rings (SSSR count). The average Bonchev–Trinajstić information content (AvgIpc) is 2.84. The molecule has 2 aromatic rings. The Morgan fingerprint density at radius 2 is 2.17 bits per heavy atom. The van der Waals surface area contributed by atoms with Crippen molar-refractivity contribution in [2.45, 2.75) is 19.3 Å². The maximum Gasteiger partial charge on any atom is 0.153 e. The fraction of sp³-hybridized carbons (Fsp3) is 0.214. The van der Waals surface area contributed by atoms with Crippen molar-refractivity contribution in [3.8, 4) is 5.69 Å². The number of hydrogen-bond acceptors (Lipinski definition) is 3. The maximum atomic E-state index is 11.1. The number of nitrogens with zero attached hydrogens (tertiary/aromatic N) is 3. The van der Waals surface area contributed by atoms with Crippen LogP contribution in [0.4, 0.5) is 0 Å². The first-order valence-corrected chi connectivity index (χ1v) is 5.82. The third-order valence-electron chi connectivity index (χ3n) is 2.81. The lowest BCUT2D eigenvalue weighted by molar-refractivity contribution is 0.112. The second kappa shape index (κ2) is 5.40. The Morgan fingerprint density at radius 3 is 2.78 bits per heavy atom. The lowest BCUT2D eigenvalue weighted by Crippen LogP contribution is -1.99. The zero-order chi connectivity index (χ0) is 13.0. The SMILES string of the molecule is C=CCC(C)c1nn(-c2ccncc2)cc1C=O. The highest BCUT2D eigenvalue weighted by atomic mass is 16.1. The van der Waals surface area contributed by atoms with E-state index in [2.05, 4.69) is 16.7 Å². The van der Waals surface area contributed by atoms with Crippen molar-refractivity contribution in [2.24, 2.45) is 0 Å². The summed E-state index contributed by atoms with van der Waals surface area (Å²) in [6.45, 7) is 5.75. The molecule has 0 spiro atoms. The van der Waals surface area contributed by atoms with E-state index >= 15 is 0 Å². The van der Waals surface area contributed by atoms with E-state index in [4.69, 9.17) is 0 Å². The van der Waals surface area contributed by atoms with Gasteiger partial charge in [-0.15, -0.1) is 6.58 Å². The van der Waals surface area contributed by atoms with Crippen molar-refractivity contribution < 1.29 is 4.79 Å². The molecule has 0 aliphatic heterocycles. The van der Waals surface area contributed by atoms with Crippen LogP contribution in [0.2, 0.25) is 0 Å². The average molecular weight is 241 g/mol. The second-order valence-electron chi connectivity index (χ2n) is 4.16. The van der Waals surface area contributed by atoms with Crippen molar-refractivity contribution in [3.05, 3.63) is 54.6 Å². The normalized spacial score (nSPS) is 12.1. The largest absolute Gasteiger partial charge is 0.298 e. The summed E-state index contributed by atoms with van der Waals surface area (Å²) in [5.41, 5.74) is 2.33. The summed E-state index contributed by atoms with van der Waals surface area (Å²) in [6, 6.07) is 3.70. The summed E-state index contributed by atoms with van der Waals surface area (Å²) >= 11 is 0. The van der Waals surface area contributed by atoms with Gasteiger partial charge in [-0.05, 0) is 18.6 Å². The molecule has 0 bridgehead atoms. The Morgan fingerprint density at radius 1 is 1.44 bits per heavy atom. The van der Waals surface area contributed by atoms with E-state index < -0.39 is 0 Å². The summed E-state index contributed by atoms with van der Waals surface area (Å²) in [5, 5.41) is 4.48. The fourth-order valence-corrected chi connectivity index (χ4v) is 1.87. The zero-order valence-corrected chi connectivity index (χ0v) is 10.3. The minimum Gasteiger partial charge on any atom is -0.298 e. The molecule has 0 N–H and O–H groups in total. The van der Waals surface area contributed by atoms with Crippen LogP contribution in [-0.4, -0.2) is 21.1 Å². The fourth-order valence-electron chi connectivity index (χ4n) is 1.87. The van der Waals surface area contributed by atoms with Gasteiger partial charge in [0.05, 0.1) is 16.9 Å². The van der Waals surface area contributed by atoms with Gasteiger partial charge in [-0.2, -0.15) is 5.10 Å². The molecular weight excluding hydrogens is 226 g/mol. The molecule has 0 aromatic carbocycles. The molecule has 0 aliphatic rings. The smallest absolute Gasteiger partial charge is 0.153 e. The summed E-state index contributed by atoms with van der Waals surface area (Å²) in [6.07, 6.45) is 8.63. The molecule has 2 aromatic heterocycles. The van der Waals surface area contributed by atoms with E-state index in [1.165, 1.54) is 0 Å². The molecule has 2 heterocycles. The Balaban J connectivity index is 2.41. The molecule has 92 valence electrons. The minimum absolute atomic E-state index is 0.186. The van der Waals surface area contributed by atoms with E-state index in [1.54, 1.807) is 23.3 Å². The standard InChI is InChI=1S/C14H15N3O/c1-3-4-11(2)14-12(10-18)9-17(16-14)13-5-7-15-8-6-13/h3,5-11H,1,4H2,2H3. The van der Waals surface area contributed by atoms with Crippen LogP contribution in [0.5, 0.6) is 0 Å². The number of carbonyl (C=O) groups is 1. The molecule has 0 saturated heterocycles. The number of aldehydes is 1. The first kappa shape index (κ1) is 12.2. The van der Waals surface area contributed by atoms with Crippen LogP contribution in [0.3, 0.4) is 0 Å². The predicted octanol–water partition coefficient (Wildman–Crippen LogP) is 2.76. The van der Waals surface area contributed by atoms with Gasteiger partial charge >= 0.3 is 0 Å². The highest BCUT2D eigenvalue weighted by molar-refractivity contribution is 5.76. The number of rotatable bonds is 5. The molecule has 18 heavy (non-hydrogen) atoms. The molecule has 1 unspecified atom stereocenters. The molecular formula is C14H15N3O. The zero-order valence-electron chi connectivity index (χ0n) is 10.3. The molecule has 0 saturated carbocycles. The Labute approximate surface area is 106 Å². The summed E-state index contributed by atoms with van der Waals surface area (Å²) in [7, 11) is 0. The Hall–Kier alpha value is -2.23. The van der Waals surface area contributed by atoms with Crippen LogP contribution in [-0.2, 0) is 0 Å². The molecule has 4 heteroatoms. The van der Waals surface area contributed by atoms with Gasteiger partial charge in [0.25, 0.3) is 0 Å². The van der Waals surface area contributed by atoms with Crippen molar-refractivity contribution >= 4 is 6.29 Å². The number of aromatic nitrogens is 3. The highest BCUT2D eigenvalue weighted by Gasteiger charge is 2.14. The van der Waals surface area contributed by atoms with Gasteiger partial charge in [0.2, 0.25) is 0 Å². The van der Waals surface area contributed by atoms with Crippen molar-refractivity contribution in [1.29, 1.82) is 0 Å². The van der Waals surface area contributed by atoms with Crippen LogP contribution in [0.1, 0.15) is 35.3 Å². The molecule has 0 aliphatic carbocycles. The van der Waals surface area contributed by atoms with Gasteiger partial charge in [0, 0.05) is 24.5 Å². The number of carbonyl (C=O) groups excluding carboxylic acids is 1. The van der Waals surface area contributed by atoms with Crippen LogP contribution in [0.25, 0.3) is 5.69 Å². The van der Waals surface area contributed by atoms with Gasteiger partial charge in [-0.3, -0.25) is 9.78 Å². The van der Waals surface area contributed by atoms with Gasteiger partial charge in [-0.1, -0.05) is 13.0 Å². The van der Waals surface area contributed by atoms with E-state index in [0.717, 1.165) is 24.1 Å². The minimum atomic E-state index is 0.186. The summed E-state index contributed by atoms with van der Waals surface area (Å²) < 4.78 is 1.71. The summed E-state index contributed by atoms with van der Waals surface area (Å²) in [5.74, 6) is 0.186. The molecule has 4 nitrogen and oxygen atoms in total. The van der Waals surface area contributed by atoms with Gasteiger partial charge < -0.3 is 0 Å². The van der Waals surface area contributed by atoms with Crippen molar-refractivity contribution in [2.75, 3.05) is 0 Å². The number of allylic oxidation sites excluding steroid dienone is 1. The quantitative estimate of drug-likeness (QED) is 0.597. The maximum absolute atomic E-state index is 11.1. The molecule has 0 fully saturated rings. The Kier molecular flexibility index (Phi) is 3.67. The van der Waals surface area contributed by atoms with Crippen LogP contribution >= 0.6 is 0 Å². The number of hydrogen-bond donors (Lipinski definition) is 0. The summed E-state index contributed by atoms with van der Waals surface area (Å²) in [4.78, 5) is 15.1. The lowest BCUT2D eigenvalue weighted by atomic mass is 10.0. The van der Waals surface area contributed by atoms with E-state index in [-0.39, 0.29) is 5.92 Å². The van der Waals surface area contributed by atoms with Gasteiger partial charge in [0.1, 0.15) is 0 Å². The highest BCUT2D eigenvalue weighted by Crippen LogP contribution is 2.22. The van der Waals surface area contributed by atoms with E-state index in [9.17, 15) is 4.79 Å². The first-order chi connectivity index (χ1) is 8.76. The van der Waals surface area contributed by atoms with Gasteiger partial charge in [0.15, 0.2) is 6.29 Å². The molecule has 0 radical (unpaired) electrons. The van der Waals surface area contributed by atoms with Crippen LogP contribution < -0.4 is 0 Å². The van der Waals surface area contributed by atoms with Crippen LogP contribution in [0, 0.1) is 0 Å². The lowest BCUT2D eigenvalue weighted by Gasteiger charge is -2.05. The molecule has 0 amide bonds. The van der Waals surface area contributed by atoms with Gasteiger partial charge in [-0.25, -0.2) is 4.68 Å². The second-order valence-corrected chi connectivity index (χ2v) is 4.16. The van der Waals surface area contributed by atoms with E-state index in [0.29, 0.717) is 5.56 Å². The monoisotopic (exact) mass is 241 g/mol. The predicted molar refractivity (Wildman–Crippen MR) is 70.0 cm³/mol. The topological polar surface area (TPSA) is 47.8 Å². The Bertz CT molecular complexity index is 545. The van der Waals surface area contributed by atoms with Crippen molar-refractivity contribution in [3.63, 3.8) is 0 Å². The molecule has 1 atom stereocenters. The third kappa shape index (κ3) is 2.37. The van der Waals surface area contributed by atoms with E-state index in [1.807, 2.05) is 25.1 Å². The number of pyridine rings is 1. The van der Waals surface area contributed by atoms with Crippen molar-refractivity contribution in [1.82, 2.24) is 14.8 Å².